The van der Waals surface area contributed by atoms with Crippen LogP contribution < -0.4 is 4.74 Å². The zero-order chi connectivity index (χ0) is 15.6. The van der Waals surface area contributed by atoms with Crippen LogP contribution in [0.4, 0.5) is 5.69 Å². The second-order valence-electron chi connectivity index (χ2n) is 5.75. The molecule has 21 heavy (non-hydrogen) atoms. The zero-order valence-corrected chi connectivity index (χ0v) is 13.7. The first-order valence-corrected chi connectivity index (χ1v) is 7.29. The molecule has 0 aliphatic heterocycles. The number of nitro benzene ring substituents is 1. The summed E-state index contributed by atoms with van der Waals surface area (Å²) in [6.45, 7) is 6.32. The third kappa shape index (κ3) is 3.82. The van der Waals surface area contributed by atoms with Crippen LogP contribution in [0.5, 0.6) is 11.5 Å². The van der Waals surface area contributed by atoms with E-state index in [1.54, 1.807) is 18.2 Å². The Morgan fingerprint density at radius 1 is 1.14 bits per heavy atom. The van der Waals surface area contributed by atoms with E-state index >= 15 is 0 Å². The maximum atomic E-state index is 11.1. The van der Waals surface area contributed by atoms with Gasteiger partial charge >= 0.3 is 5.69 Å². The number of hydrogen-bond acceptors (Lipinski definition) is 3. The first-order valence-electron chi connectivity index (χ1n) is 6.50. The molecule has 2 aromatic carbocycles. The number of nitro groups is 1. The van der Waals surface area contributed by atoms with E-state index in [1.807, 2.05) is 18.2 Å². The average molecular weight is 350 g/mol. The van der Waals surface area contributed by atoms with Crippen LogP contribution in [0, 0.1) is 10.1 Å². The predicted octanol–water partition coefficient (Wildman–Crippen LogP) is 5.45. The Labute approximate surface area is 132 Å². The van der Waals surface area contributed by atoms with Crippen LogP contribution in [0.15, 0.2) is 46.9 Å². The molecule has 0 N–H and O–H groups in total. The lowest BCUT2D eigenvalue weighted by molar-refractivity contribution is -0.385. The Morgan fingerprint density at radius 3 is 2.48 bits per heavy atom. The molecule has 0 atom stereocenters. The van der Waals surface area contributed by atoms with E-state index in [4.69, 9.17) is 4.74 Å². The van der Waals surface area contributed by atoms with Gasteiger partial charge in [0.05, 0.1) is 4.92 Å². The Balaban J connectivity index is 2.37. The van der Waals surface area contributed by atoms with Crippen molar-refractivity contribution in [3.8, 4) is 11.5 Å². The van der Waals surface area contributed by atoms with Crippen molar-refractivity contribution >= 4 is 21.6 Å². The standard InChI is InChI=1S/C16H16BrNO3/c1-16(2,3)11-5-4-6-13(9-11)21-15-8-7-12(17)10-14(15)18(19)20/h4-10H,1-3H3. The topological polar surface area (TPSA) is 52.4 Å². The number of benzene rings is 2. The Bertz CT molecular complexity index is 677. The summed E-state index contributed by atoms with van der Waals surface area (Å²) in [4.78, 5) is 10.6. The molecule has 0 amide bonds. The van der Waals surface area contributed by atoms with E-state index in [0.717, 1.165) is 5.56 Å². The number of nitrogens with zero attached hydrogens (tertiary/aromatic N) is 1. The number of hydrogen-bond donors (Lipinski definition) is 0. The summed E-state index contributed by atoms with van der Waals surface area (Å²) in [6.07, 6.45) is 0. The van der Waals surface area contributed by atoms with Gasteiger partial charge in [-0.2, -0.15) is 0 Å². The smallest absolute Gasteiger partial charge is 0.312 e. The molecule has 5 heteroatoms. The molecule has 0 aliphatic carbocycles. The van der Waals surface area contributed by atoms with E-state index in [1.165, 1.54) is 6.07 Å². The molecule has 0 radical (unpaired) electrons. The van der Waals surface area contributed by atoms with Gasteiger partial charge in [-0.3, -0.25) is 10.1 Å². The average Bonchev–Trinajstić information content (AvgIpc) is 2.40. The normalized spacial score (nSPS) is 11.2. The van der Waals surface area contributed by atoms with Crippen LogP contribution in [0.3, 0.4) is 0 Å². The SMILES string of the molecule is CC(C)(C)c1cccc(Oc2ccc(Br)cc2[N+](=O)[O-])c1. The van der Waals surface area contributed by atoms with Crippen molar-refractivity contribution < 1.29 is 9.66 Å². The second kappa shape index (κ2) is 5.85. The van der Waals surface area contributed by atoms with Crippen molar-refractivity contribution in [2.75, 3.05) is 0 Å². The molecule has 2 aromatic rings. The highest BCUT2D eigenvalue weighted by Crippen LogP contribution is 2.35. The van der Waals surface area contributed by atoms with E-state index in [9.17, 15) is 10.1 Å². The molecule has 0 bridgehead atoms. The minimum absolute atomic E-state index is 0.00891. The van der Waals surface area contributed by atoms with Crippen molar-refractivity contribution in [3.63, 3.8) is 0 Å². The highest BCUT2D eigenvalue weighted by atomic mass is 79.9. The predicted molar refractivity (Wildman–Crippen MR) is 86.0 cm³/mol. The third-order valence-corrected chi connectivity index (χ3v) is 3.54. The van der Waals surface area contributed by atoms with E-state index in [-0.39, 0.29) is 16.9 Å². The Kier molecular flexibility index (Phi) is 4.32. The van der Waals surface area contributed by atoms with E-state index < -0.39 is 4.92 Å². The molecule has 0 saturated heterocycles. The van der Waals surface area contributed by atoms with Gasteiger partial charge in [0.2, 0.25) is 5.75 Å². The number of ether oxygens (including phenoxy) is 1. The fraction of sp³-hybridized carbons (Fsp3) is 0.250. The van der Waals surface area contributed by atoms with Gasteiger partial charge in [0.25, 0.3) is 0 Å². The van der Waals surface area contributed by atoms with Crippen LogP contribution in [-0.4, -0.2) is 4.92 Å². The molecule has 4 nitrogen and oxygen atoms in total. The summed E-state index contributed by atoms with van der Waals surface area (Å²) >= 11 is 3.23. The maximum Gasteiger partial charge on any atom is 0.312 e. The monoisotopic (exact) mass is 349 g/mol. The van der Waals surface area contributed by atoms with Crippen molar-refractivity contribution in [1.82, 2.24) is 0 Å². The largest absolute Gasteiger partial charge is 0.450 e. The second-order valence-corrected chi connectivity index (χ2v) is 6.66. The lowest BCUT2D eigenvalue weighted by Crippen LogP contribution is -2.10. The fourth-order valence-electron chi connectivity index (χ4n) is 1.87. The quantitative estimate of drug-likeness (QED) is 0.547. The Morgan fingerprint density at radius 2 is 1.86 bits per heavy atom. The van der Waals surface area contributed by atoms with Crippen LogP contribution >= 0.6 is 15.9 Å². The summed E-state index contributed by atoms with van der Waals surface area (Å²) in [5.41, 5.74) is 1.04. The van der Waals surface area contributed by atoms with Crippen molar-refractivity contribution in [3.05, 3.63) is 62.6 Å². The molecular formula is C16H16BrNO3. The highest BCUT2D eigenvalue weighted by Gasteiger charge is 2.18. The third-order valence-electron chi connectivity index (χ3n) is 3.05. The van der Waals surface area contributed by atoms with Crippen LogP contribution in [-0.2, 0) is 5.41 Å². The molecule has 0 fully saturated rings. The zero-order valence-electron chi connectivity index (χ0n) is 12.1. The van der Waals surface area contributed by atoms with Gasteiger partial charge in [0, 0.05) is 10.5 Å². The molecule has 0 spiro atoms. The molecule has 0 saturated carbocycles. The van der Waals surface area contributed by atoms with Gasteiger partial charge in [-0.05, 0) is 35.2 Å². The summed E-state index contributed by atoms with van der Waals surface area (Å²) < 4.78 is 6.34. The minimum Gasteiger partial charge on any atom is -0.450 e. The molecular weight excluding hydrogens is 334 g/mol. The van der Waals surface area contributed by atoms with Crippen molar-refractivity contribution in [2.24, 2.45) is 0 Å². The van der Waals surface area contributed by atoms with Gasteiger partial charge in [0.15, 0.2) is 0 Å². The summed E-state index contributed by atoms with van der Waals surface area (Å²) in [5, 5.41) is 11.1. The summed E-state index contributed by atoms with van der Waals surface area (Å²) in [5.74, 6) is 0.821. The fourth-order valence-corrected chi connectivity index (χ4v) is 2.22. The molecule has 0 aliphatic rings. The lowest BCUT2D eigenvalue weighted by atomic mass is 9.87. The number of rotatable bonds is 3. The van der Waals surface area contributed by atoms with Gasteiger partial charge in [-0.15, -0.1) is 0 Å². The van der Waals surface area contributed by atoms with E-state index in [2.05, 4.69) is 36.7 Å². The molecule has 110 valence electrons. The number of halogens is 1. The van der Waals surface area contributed by atoms with Gasteiger partial charge in [-0.25, -0.2) is 0 Å². The molecule has 0 aromatic heterocycles. The van der Waals surface area contributed by atoms with Crippen LogP contribution in [0.25, 0.3) is 0 Å². The van der Waals surface area contributed by atoms with Gasteiger partial charge in [-0.1, -0.05) is 48.8 Å². The van der Waals surface area contributed by atoms with Crippen LogP contribution in [0.2, 0.25) is 0 Å². The maximum absolute atomic E-state index is 11.1. The van der Waals surface area contributed by atoms with Crippen LogP contribution in [0.1, 0.15) is 26.3 Å². The first kappa shape index (κ1) is 15.5. The minimum atomic E-state index is -0.451. The highest BCUT2D eigenvalue weighted by molar-refractivity contribution is 9.10. The lowest BCUT2D eigenvalue weighted by Gasteiger charge is -2.19. The van der Waals surface area contributed by atoms with Gasteiger partial charge < -0.3 is 4.74 Å². The van der Waals surface area contributed by atoms with Crippen molar-refractivity contribution in [1.29, 1.82) is 0 Å². The molecule has 0 unspecified atom stereocenters. The molecule has 0 heterocycles. The van der Waals surface area contributed by atoms with Gasteiger partial charge in [0.1, 0.15) is 5.75 Å². The van der Waals surface area contributed by atoms with Crippen molar-refractivity contribution in [2.45, 2.75) is 26.2 Å². The first-order chi connectivity index (χ1) is 9.77. The molecule has 2 rings (SSSR count). The summed E-state index contributed by atoms with van der Waals surface area (Å²) in [6, 6.07) is 12.3. The van der Waals surface area contributed by atoms with E-state index in [0.29, 0.717) is 10.2 Å². The summed E-state index contributed by atoms with van der Waals surface area (Å²) in [7, 11) is 0. The Hall–Kier alpha value is -1.88.